The summed E-state index contributed by atoms with van der Waals surface area (Å²) in [6, 6.07) is 8.33. The first-order chi connectivity index (χ1) is 9.97. The standard InChI is InChI=1S/C15H19N3O3/c1-3-18(11(2)10-14(19)20)15(21)17-13-6-4-12(5-7-13)8-9-16/h4-7,11H,3,8,10H2,1-2H3,(H,17,21)(H,19,20). The zero-order valence-corrected chi connectivity index (χ0v) is 12.2. The Bertz CT molecular complexity index is 534. The van der Waals surface area contributed by atoms with E-state index in [4.69, 9.17) is 10.4 Å². The summed E-state index contributed by atoms with van der Waals surface area (Å²) in [4.78, 5) is 24.3. The van der Waals surface area contributed by atoms with Crippen LogP contribution >= 0.6 is 0 Å². The molecule has 0 aliphatic carbocycles. The van der Waals surface area contributed by atoms with Crippen molar-refractivity contribution in [2.45, 2.75) is 32.7 Å². The monoisotopic (exact) mass is 289 g/mol. The van der Waals surface area contributed by atoms with Crippen LogP contribution in [0.4, 0.5) is 10.5 Å². The summed E-state index contributed by atoms with van der Waals surface area (Å²) >= 11 is 0. The Hall–Kier alpha value is -2.55. The first kappa shape index (κ1) is 16.5. The van der Waals surface area contributed by atoms with E-state index in [9.17, 15) is 9.59 Å². The highest BCUT2D eigenvalue weighted by Gasteiger charge is 2.20. The maximum atomic E-state index is 12.1. The molecule has 0 radical (unpaired) electrons. The Labute approximate surface area is 124 Å². The fourth-order valence-corrected chi connectivity index (χ4v) is 2.01. The topological polar surface area (TPSA) is 93.4 Å². The summed E-state index contributed by atoms with van der Waals surface area (Å²) in [6.07, 6.45) is 0.229. The van der Waals surface area contributed by atoms with E-state index in [1.54, 1.807) is 38.1 Å². The van der Waals surface area contributed by atoms with Gasteiger partial charge in [0.15, 0.2) is 0 Å². The third-order valence-corrected chi connectivity index (χ3v) is 3.09. The quantitative estimate of drug-likeness (QED) is 0.841. The molecule has 0 fully saturated rings. The average molecular weight is 289 g/mol. The van der Waals surface area contributed by atoms with Gasteiger partial charge in [-0.3, -0.25) is 4.79 Å². The fourth-order valence-electron chi connectivity index (χ4n) is 2.01. The molecule has 0 aliphatic rings. The van der Waals surface area contributed by atoms with Gasteiger partial charge in [0.05, 0.1) is 18.9 Å². The van der Waals surface area contributed by atoms with E-state index in [0.29, 0.717) is 18.7 Å². The smallest absolute Gasteiger partial charge is 0.322 e. The number of hydrogen-bond donors (Lipinski definition) is 2. The van der Waals surface area contributed by atoms with E-state index in [1.165, 1.54) is 4.90 Å². The normalized spacial score (nSPS) is 11.3. The zero-order valence-electron chi connectivity index (χ0n) is 12.2. The molecule has 1 rings (SSSR count). The van der Waals surface area contributed by atoms with Crippen LogP contribution in [0.3, 0.4) is 0 Å². The summed E-state index contributed by atoms with van der Waals surface area (Å²) in [6.45, 7) is 3.92. The number of nitriles is 1. The van der Waals surface area contributed by atoms with Gasteiger partial charge >= 0.3 is 12.0 Å². The summed E-state index contributed by atoms with van der Waals surface area (Å²) in [5.41, 5.74) is 1.49. The average Bonchev–Trinajstić information content (AvgIpc) is 2.41. The van der Waals surface area contributed by atoms with Gasteiger partial charge in [-0.1, -0.05) is 12.1 Å². The van der Waals surface area contributed by atoms with Crippen molar-refractivity contribution in [2.75, 3.05) is 11.9 Å². The molecule has 1 aromatic carbocycles. The number of carboxylic acid groups (broad SMARTS) is 1. The molecule has 6 heteroatoms. The third-order valence-electron chi connectivity index (χ3n) is 3.09. The molecule has 0 saturated carbocycles. The van der Waals surface area contributed by atoms with Crippen LogP contribution in [0.1, 0.15) is 25.8 Å². The molecule has 0 spiro atoms. The Morgan fingerprint density at radius 2 is 2.00 bits per heavy atom. The van der Waals surface area contributed by atoms with Crippen molar-refractivity contribution in [1.82, 2.24) is 4.90 Å². The summed E-state index contributed by atoms with van der Waals surface area (Å²) in [7, 11) is 0. The van der Waals surface area contributed by atoms with Gasteiger partial charge in [0.1, 0.15) is 0 Å². The molecule has 0 bridgehead atoms. The molecule has 112 valence electrons. The highest BCUT2D eigenvalue weighted by atomic mass is 16.4. The van der Waals surface area contributed by atoms with Crippen molar-refractivity contribution >= 4 is 17.7 Å². The van der Waals surface area contributed by atoms with Gasteiger partial charge in [0.2, 0.25) is 0 Å². The van der Waals surface area contributed by atoms with E-state index in [0.717, 1.165) is 5.56 Å². The van der Waals surface area contributed by atoms with E-state index >= 15 is 0 Å². The van der Waals surface area contributed by atoms with Crippen LogP contribution in [0, 0.1) is 11.3 Å². The van der Waals surface area contributed by atoms with Gasteiger partial charge in [-0.05, 0) is 31.5 Å². The van der Waals surface area contributed by atoms with Gasteiger partial charge in [0, 0.05) is 18.3 Å². The van der Waals surface area contributed by atoms with Gasteiger partial charge < -0.3 is 15.3 Å². The lowest BCUT2D eigenvalue weighted by Crippen LogP contribution is -2.42. The lowest BCUT2D eigenvalue weighted by atomic mass is 10.1. The molecular weight excluding hydrogens is 270 g/mol. The van der Waals surface area contributed by atoms with Crippen LogP contribution in [0.15, 0.2) is 24.3 Å². The van der Waals surface area contributed by atoms with Crippen LogP contribution in [-0.2, 0) is 11.2 Å². The lowest BCUT2D eigenvalue weighted by Gasteiger charge is -2.27. The minimum atomic E-state index is -0.936. The fraction of sp³-hybridized carbons (Fsp3) is 0.400. The van der Waals surface area contributed by atoms with Crippen LogP contribution in [0.5, 0.6) is 0 Å². The van der Waals surface area contributed by atoms with Gasteiger partial charge in [-0.25, -0.2) is 4.79 Å². The van der Waals surface area contributed by atoms with Gasteiger partial charge in [-0.15, -0.1) is 0 Å². The minimum absolute atomic E-state index is 0.0949. The number of nitrogens with one attached hydrogen (secondary N) is 1. The maximum Gasteiger partial charge on any atom is 0.322 e. The highest BCUT2D eigenvalue weighted by molar-refractivity contribution is 5.89. The van der Waals surface area contributed by atoms with Gasteiger partial charge in [0.25, 0.3) is 0 Å². The first-order valence-corrected chi connectivity index (χ1v) is 6.73. The number of amides is 2. The molecule has 2 N–H and O–H groups in total. The van der Waals surface area contributed by atoms with Crippen molar-refractivity contribution in [3.05, 3.63) is 29.8 Å². The number of urea groups is 1. The molecular formula is C15H19N3O3. The Balaban J connectivity index is 2.69. The lowest BCUT2D eigenvalue weighted by molar-refractivity contribution is -0.137. The number of benzene rings is 1. The Morgan fingerprint density at radius 1 is 1.38 bits per heavy atom. The van der Waals surface area contributed by atoms with Crippen LogP contribution in [0.25, 0.3) is 0 Å². The van der Waals surface area contributed by atoms with E-state index in [1.807, 2.05) is 0 Å². The van der Waals surface area contributed by atoms with Crippen LogP contribution in [-0.4, -0.2) is 34.6 Å². The summed E-state index contributed by atoms with van der Waals surface area (Å²) < 4.78 is 0. The van der Waals surface area contributed by atoms with Crippen molar-refractivity contribution in [2.24, 2.45) is 0 Å². The molecule has 2 amide bonds. The van der Waals surface area contributed by atoms with E-state index in [-0.39, 0.29) is 18.5 Å². The summed E-state index contributed by atoms with van der Waals surface area (Å²) in [5.74, 6) is -0.936. The van der Waals surface area contributed by atoms with E-state index in [2.05, 4.69) is 11.4 Å². The SMILES string of the molecule is CCN(C(=O)Nc1ccc(CC#N)cc1)C(C)CC(=O)O. The van der Waals surface area contributed by atoms with Crippen molar-refractivity contribution < 1.29 is 14.7 Å². The molecule has 1 unspecified atom stereocenters. The number of nitrogens with zero attached hydrogens (tertiary/aromatic N) is 2. The second-order valence-corrected chi connectivity index (χ2v) is 4.69. The summed E-state index contributed by atoms with van der Waals surface area (Å²) in [5, 5.41) is 20.1. The number of carbonyl (C=O) groups is 2. The van der Waals surface area contributed by atoms with Crippen LogP contribution in [0.2, 0.25) is 0 Å². The second kappa shape index (κ2) is 7.90. The van der Waals surface area contributed by atoms with Crippen molar-refractivity contribution in [3.8, 4) is 6.07 Å². The largest absolute Gasteiger partial charge is 0.481 e. The number of rotatable bonds is 6. The maximum absolute atomic E-state index is 12.1. The molecule has 21 heavy (non-hydrogen) atoms. The molecule has 0 heterocycles. The predicted molar refractivity (Wildman–Crippen MR) is 78.9 cm³/mol. The number of carbonyl (C=O) groups excluding carboxylic acids is 1. The van der Waals surface area contributed by atoms with Crippen molar-refractivity contribution in [3.63, 3.8) is 0 Å². The minimum Gasteiger partial charge on any atom is -0.481 e. The molecule has 6 nitrogen and oxygen atoms in total. The molecule has 1 atom stereocenters. The third kappa shape index (κ3) is 5.15. The molecule has 0 saturated heterocycles. The predicted octanol–water partition coefficient (Wildman–Crippen LogP) is 2.47. The number of anilines is 1. The number of hydrogen-bond acceptors (Lipinski definition) is 3. The molecule has 0 aromatic heterocycles. The van der Waals surface area contributed by atoms with Crippen LogP contribution < -0.4 is 5.32 Å². The Kier molecular flexibility index (Phi) is 6.21. The van der Waals surface area contributed by atoms with Gasteiger partial charge in [-0.2, -0.15) is 5.26 Å². The molecule has 1 aromatic rings. The first-order valence-electron chi connectivity index (χ1n) is 6.73. The molecule has 0 aliphatic heterocycles. The van der Waals surface area contributed by atoms with E-state index < -0.39 is 5.97 Å². The second-order valence-electron chi connectivity index (χ2n) is 4.69. The number of aliphatic carboxylic acids is 1. The van der Waals surface area contributed by atoms with Crippen molar-refractivity contribution in [1.29, 1.82) is 5.26 Å². The zero-order chi connectivity index (χ0) is 15.8. The number of carboxylic acids is 1. The highest BCUT2D eigenvalue weighted by Crippen LogP contribution is 2.12. The Morgan fingerprint density at radius 3 is 2.48 bits per heavy atom.